The zero-order chi connectivity index (χ0) is 11.4. The minimum Gasteiger partial charge on any atom is -0.362 e. The van der Waals surface area contributed by atoms with Gasteiger partial charge in [0, 0.05) is 18.3 Å². The lowest BCUT2D eigenvalue weighted by Crippen LogP contribution is -2.35. The van der Waals surface area contributed by atoms with Gasteiger partial charge in [0.1, 0.15) is 0 Å². The normalized spacial score (nSPS) is 38.4. The number of thioether (sulfide) groups is 1. The van der Waals surface area contributed by atoms with Crippen molar-refractivity contribution >= 4 is 16.9 Å². The average Bonchev–Trinajstić information content (AvgIpc) is 2.27. The Balaban J connectivity index is 1.78. The van der Waals surface area contributed by atoms with Gasteiger partial charge >= 0.3 is 0 Å². The molecule has 3 unspecified atom stereocenters. The Labute approximate surface area is 104 Å². The monoisotopic (exact) mass is 240 g/mol. The third-order valence-corrected chi connectivity index (χ3v) is 4.66. The largest absolute Gasteiger partial charge is 0.362 e. The maximum Gasteiger partial charge on any atom is 0.156 e. The van der Waals surface area contributed by atoms with Crippen molar-refractivity contribution in [3.8, 4) is 0 Å². The third kappa shape index (κ3) is 3.69. The van der Waals surface area contributed by atoms with Gasteiger partial charge in [-0.2, -0.15) is 0 Å². The molecule has 2 rings (SSSR count). The Morgan fingerprint density at radius 1 is 1.31 bits per heavy atom. The van der Waals surface area contributed by atoms with Crippen LogP contribution in [0.25, 0.3) is 0 Å². The molecule has 2 aliphatic rings. The van der Waals surface area contributed by atoms with E-state index in [1.54, 1.807) is 0 Å². The molecule has 92 valence electrons. The van der Waals surface area contributed by atoms with Gasteiger partial charge in [0.2, 0.25) is 0 Å². The predicted octanol–water partition coefficient (Wildman–Crippen LogP) is 3.28. The first-order valence-corrected chi connectivity index (χ1v) is 7.66. The molecule has 1 aliphatic heterocycles. The summed E-state index contributed by atoms with van der Waals surface area (Å²) in [6.45, 7) is 5.68. The minimum absolute atomic E-state index is 0.616. The number of rotatable bonds is 2. The number of hydrogen-bond acceptors (Lipinski definition) is 2. The molecule has 0 aromatic heterocycles. The lowest BCUT2D eigenvalue weighted by molar-refractivity contribution is 0.289. The van der Waals surface area contributed by atoms with Crippen LogP contribution in [0.4, 0.5) is 0 Å². The summed E-state index contributed by atoms with van der Waals surface area (Å²) < 4.78 is 0. The maximum atomic E-state index is 4.76. The Morgan fingerprint density at radius 3 is 2.94 bits per heavy atom. The molecule has 16 heavy (non-hydrogen) atoms. The molecule has 1 saturated heterocycles. The highest BCUT2D eigenvalue weighted by Crippen LogP contribution is 2.28. The van der Waals surface area contributed by atoms with Crippen molar-refractivity contribution in [1.82, 2.24) is 5.32 Å². The molecular formula is C13H24N2S. The number of aliphatic imine (C=N–C) groups is 1. The Hall–Kier alpha value is -0.180. The molecule has 1 saturated carbocycles. The number of amidine groups is 1. The van der Waals surface area contributed by atoms with E-state index >= 15 is 0 Å². The average molecular weight is 240 g/mol. The van der Waals surface area contributed by atoms with Gasteiger partial charge < -0.3 is 5.32 Å². The number of nitrogens with one attached hydrogen (secondary N) is 1. The van der Waals surface area contributed by atoms with Gasteiger partial charge in [0.05, 0.1) is 0 Å². The van der Waals surface area contributed by atoms with E-state index in [0.717, 1.165) is 18.4 Å². The van der Waals surface area contributed by atoms with Crippen LogP contribution < -0.4 is 5.32 Å². The van der Waals surface area contributed by atoms with Crippen LogP contribution in [0.3, 0.4) is 0 Å². The highest BCUT2D eigenvalue weighted by atomic mass is 32.2. The molecule has 1 N–H and O–H groups in total. The van der Waals surface area contributed by atoms with E-state index in [9.17, 15) is 0 Å². The first-order valence-electron chi connectivity index (χ1n) is 6.68. The zero-order valence-corrected chi connectivity index (χ0v) is 11.4. The van der Waals surface area contributed by atoms with E-state index in [-0.39, 0.29) is 0 Å². The summed E-state index contributed by atoms with van der Waals surface area (Å²) in [5, 5.41) is 4.67. The summed E-state index contributed by atoms with van der Waals surface area (Å²) in [5.41, 5.74) is 0. The third-order valence-electron chi connectivity index (χ3n) is 3.70. The molecule has 0 spiro atoms. The molecule has 2 nitrogen and oxygen atoms in total. The van der Waals surface area contributed by atoms with Crippen molar-refractivity contribution < 1.29 is 0 Å². The summed E-state index contributed by atoms with van der Waals surface area (Å²) in [6, 6.07) is 0.616. The van der Waals surface area contributed by atoms with Crippen molar-refractivity contribution in [3.63, 3.8) is 0 Å². The van der Waals surface area contributed by atoms with Crippen LogP contribution in [0.15, 0.2) is 4.99 Å². The predicted molar refractivity (Wildman–Crippen MR) is 73.1 cm³/mol. The van der Waals surface area contributed by atoms with E-state index in [4.69, 9.17) is 4.99 Å². The molecule has 0 bridgehead atoms. The standard InChI is InChI=1S/C13H24N2S/c1-10-4-3-5-12(8-10)9-14-13-15-11(2)6-7-16-13/h10-12H,3-9H2,1-2H3,(H,14,15). The lowest BCUT2D eigenvalue weighted by atomic mass is 9.82. The molecule has 0 radical (unpaired) electrons. The fraction of sp³-hybridized carbons (Fsp3) is 0.923. The summed E-state index contributed by atoms with van der Waals surface area (Å²) in [5.74, 6) is 2.99. The van der Waals surface area contributed by atoms with Crippen molar-refractivity contribution in [1.29, 1.82) is 0 Å². The highest BCUT2D eigenvalue weighted by molar-refractivity contribution is 8.13. The number of nitrogens with zero attached hydrogens (tertiary/aromatic N) is 1. The van der Waals surface area contributed by atoms with Gasteiger partial charge in [-0.25, -0.2) is 0 Å². The van der Waals surface area contributed by atoms with Gasteiger partial charge in [-0.05, 0) is 38.0 Å². The van der Waals surface area contributed by atoms with Crippen LogP contribution >= 0.6 is 11.8 Å². The van der Waals surface area contributed by atoms with Crippen LogP contribution in [0.5, 0.6) is 0 Å². The Kier molecular flexibility index (Phi) is 4.56. The van der Waals surface area contributed by atoms with Crippen LogP contribution in [-0.4, -0.2) is 23.5 Å². The Bertz CT molecular complexity index is 252. The molecule has 0 aromatic rings. The van der Waals surface area contributed by atoms with Crippen LogP contribution in [-0.2, 0) is 0 Å². The van der Waals surface area contributed by atoms with Crippen molar-refractivity contribution in [2.75, 3.05) is 12.3 Å². The fourth-order valence-corrected chi connectivity index (χ4v) is 3.80. The molecule has 1 aliphatic carbocycles. The first kappa shape index (κ1) is 12.3. The van der Waals surface area contributed by atoms with Crippen LogP contribution in [0.1, 0.15) is 46.0 Å². The zero-order valence-electron chi connectivity index (χ0n) is 10.5. The van der Waals surface area contributed by atoms with Gasteiger partial charge in [0.15, 0.2) is 5.17 Å². The summed E-state index contributed by atoms with van der Waals surface area (Å²) >= 11 is 1.90. The van der Waals surface area contributed by atoms with E-state index in [2.05, 4.69) is 19.2 Å². The van der Waals surface area contributed by atoms with Crippen molar-refractivity contribution in [2.45, 2.75) is 52.0 Å². The Morgan fingerprint density at radius 2 is 2.19 bits per heavy atom. The van der Waals surface area contributed by atoms with E-state index in [1.165, 1.54) is 43.0 Å². The quantitative estimate of drug-likeness (QED) is 0.801. The second-order valence-electron chi connectivity index (χ2n) is 5.47. The SMILES string of the molecule is CC1CCCC(CN=C2NC(C)CCS2)C1. The van der Waals surface area contributed by atoms with Crippen LogP contribution in [0, 0.1) is 11.8 Å². The van der Waals surface area contributed by atoms with Crippen LogP contribution in [0.2, 0.25) is 0 Å². The molecule has 3 atom stereocenters. The molecule has 2 fully saturated rings. The molecule has 1 heterocycles. The molecule has 0 amide bonds. The highest BCUT2D eigenvalue weighted by Gasteiger charge is 2.19. The summed E-state index contributed by atoms with van der Waals surface area (Å²) in [4.78, 5) is 4.76. The topological polar surface area (TPSA) is 24.4 Å². The van der Waals surface area contributed by atoms with Gasteiger partial charge in [0.25, 0.3) is 0 Å². The maximum absolute atomic E-state index is 4.76. The van der Waals surface area contributed by atoms with E-state index < -0.39 is 0 Å². The van der Waals surface area contributed by atoms with Crippen molar-refractivity contribution in [2.24, 2.45) is 16.8 Å². The summed E-state index contributed by atoms with van der Waals surface area (Å²) in [6.07, 6.45) is 6.88. The van der Waals surface area contributed by atoms with E-state index in [1.807, 2.05) is 11.8 Å². The molecular weight excluding hydrogens is 216 g/mol. The second-order valence-corrected chi connectivity index (χ2v) is 6.55. The van der Waals surface area contributed by atoms with Crippen molar-refractivity contribution in [3.05, 3.63) is 0 Å². The minimum atomic E-state index is 0.616. The lowest BCUT2D eigenvalue weighted by Gasteiger charge is -2.26. The summed E-state index contributed by atoms with van der Waals surface area (Å²) in [7, 11) is 0. The second kappa shape index (κ2) is 5.95. The first-order chi connectivity index (χ1) is 7.74. The molecule has 3 heteroatoms. The molecule has 0 aromatic carbocycles. The number of hydrogen-bond donors (Lipinski definition) is 1. The van der Waals surface area contributed by atoms with Gasteiger partial charge in [-0.3, -0.25) is 4.99 Å². The smallest absolute Gasteiger partial charge is 0.156 e. The fourth-order valence-electron chi connectivity index (χ4n) is 2.69. The van der Waals surface area contributed by atoms with Gasteiger partial charge in [-0.1, -0.05) is 31.5 Å². The van der Waals surface area contributed by atoms with Gasteiger partial charge in [-0.15, -0.1) is 0 Å². The van der Waals surface area contributed by atoms with E-state index in [0.29, 0.717) is 6.04 Å².